The molecule has 0 aliphatic carbocycles. The highest BCUT2D eigenvalue weighted by Gasteiger charge is 2.48. The number of benzene rings is 1. The monoisotopic (exact) mass is 389 g/mol. The van der Waals surface area contributed by atoms with Gasteiger partial charge in [-0.15, -0.1) is 0 Å². The number of carbonyl (C=O) groups is 1. The van der Waals surface area contributed by atoms with Gasteiger partial charge in [0.1, 0.15) is 4.90 Å². The third-order valence-electron chi connectivity index (χ3n) is 2.79. The van der Waals surface area contributed by atoms with E-state index >= 15 is 0 Å². The van der Waals surface area contributed by atoms with Crippen molar-refractivity contribution in [3.63, 3.8) is 0 Å². The molecule has 0 spiro atoms. The van der Waals surface area contributed by atoms with Gasteiger partial charge in [-0.2, -0.15) is 13.2 Å². The second-order valence-corrected chi connectivity index (χ2v) is 8.34. The number of rotatable bonds is 6. The van der Waals surface area contributed by atoms with Crippen LogP contribution in [-0.2, 0) is 24.7 Å². The predicted octanol–water partition coefficient (Wildman–Crippen LogP) is 0.303. The standard InChI is InChI=1S/C11H14F3N3O5S2/c1-6(4-10(15)18)17-8-3-2-7(24(16,21)22)5-9(8)23(19,20)11(12,13)14/h2-3,5-6,17H,4H2,1H3,(H2,15,18)(H2,16,21,22). The molecular weight excluding hydrogens is 375 g/mol. The first-order valence-corrected chi connectivity index (χ1v) is 9.22. The molecule has 0 bridgehead atoms. The first-order valence-electron chi connectivity index (χ1n) is 6.19. The van der Waals surface area contributed by atoms with Crippen LogP contribution < -0.4 is 16.2 Å². The van der Waals surface area contributed by atoms with Crippen molar-refractivity contribution in [3.8, 4) is 0 Å². The molecule has 0 saturated heterocycles. The molecule has 8 nitrogen and oxygen atoms in total. The number of amides is 1. The largest absolute Gasteiger partial charge is 0.501 e. The van der Waals surface area contributed by atoms with Gasteiger partial charge in [-0.3, -0.25) is 4.79 Å². The predicted molar refractivity (Wildman–Crippen MR) is 78.0 cm³/mol. The van der Waals surface area contributed by atoms with Crippen molar-refractivity contribution in [2.24, 2.45) is 10.9 Å². The van der Waals surface area contributed by atoms with Gasteiger partial charge in [0.05, 0.1) is 10.6 Å². The van der Waals surface area contributed by atoms with Crippen LogP contribution in [-0.4, -0.2) is 34.3 Å². The summed E-state index contributed by atoms with van der Waals surface area (Å²) in [7, 11) is -10.3. The van der Waals surface area contributed by atoms with E-state index in [2.05, 4.69) is 5.32 Å². The van der Waals surface area contributed by atoms with Crippen LogP contribution in [0.2, 0.25) is 0 Å². The number of sulfonamides is 1. The number of nitrogens with one attached hydrogen (secondary N) is 1. The van der Waals surface area contributed by atoms with Gasteiger partial charge in [0.25, 0.3) is 9.84 Å². The highest BCUT2D eigenvalue weighted by Crippen LogP contribution is 2.35. The molecule has 1 aromatic carbocycles. The highest BCUT2D eigenvalue weighted by molar-refractivity contribution is 7.92. The normalized spacial score (nSPS) is 14.2. The number of carbonyl (C=O) groups excluding carboxylic acids is 1. The van der Waals surface area contributed by atoms with Crippen molar-refractivity contribution in [2.45, 2.75) is 34.7 Å². The number of nitrogens with two attached hydrogens (primary N) is 2. The Bertz CT molecular complexity index is 850. The first kappa shape index (κ1) is 20.2. The zero-order valence-electron chi connectivity index (χ0n) is 12.2. The van der Waals surface area contributed by atoms with Gasteiger partial charge in [-0.25, -0.2) is 22.0 Å². The minimum atomic E-state index is -5.86. The summed E-state index contributed by atoms with van der Waals surface area (Å²) >= 11 is 0. The third-order valence-corrected chi connectivity index (χ3v) is 5.22. The van der Waals surface area contributed by atoms with Crippen molar-refractivity contribution in [1.82, 2.24) is 0 Å². The number of primary amides is 1. The average molecular weight is 389 g/mol. The Hall–Kier alpha value is -1.86. The SMILES string of the molecule is CC(CC(N)=O)Nc1ccc(S(N)(=O)=O)cc1S(=O)(=O)C(F)(F)F. The zero-order chi connectivity index (χ0) is 18.9. The Morgan fingerprint density at radius 3 is 2.21 bits per heavy atom. The third kappa shape index (κ3) is 4.58. The maximum atomic E-state index is 12.8. The molecule has 0 radical (unpaired) electrons. The number of halogens is 3. The maximum absolute atomic E-state index is 12.8. The summed E-state index contributed by atoms with van der Waals surface area (Å²) in [5.74, 6) is -0.767. The van der Waals surface area contributed by atoms with Crippen molar-refractivity contribution in [2.75, 3.05) is 5.32 Å². The Balaban J connectivity index is 3.53. The lowest BCUT2D eigenvalue weighted by Gasteiger charge is -2.18. The quantitative estimate of drug-likeness (QED) is 0.637. The van der Waals surface area contributed by atoms with E-state index in [1.54, 1.807) is 0 Å². The van der Waals surface area contributed by atoms with Gasteiger partial charge >= 0.3 is 5.51 Å². The van der Waals surface area contributed by atoms with E-state index in [1.807, 2.05) is 0 Å². The lowest BCUT2D eigenvalue weighted by atomic mass is 10.2. The molecular formula is C11H14F3N3O5S2. The molecule has 0 aliphatic rings. The second-order valence-electron chi connectivity index (χ2n) is 4.87. The van der Waals surface area contributed by atoms with Gasteiger partial charge in [-0.05, 0) is 25.1 Å². The summed E-state index contributed by atoms with van der Waals surface area (Å²) < 4.78 is 84.3. The van der Waals surface area contributed by atoms with Gasteiger partial charge in [0.2, 0.25) is 15.9 Å². The van der Waals surface area contributed by atoms with Gasteiger partial charge in [-0.1, -0.05) is 0 Å². The van der Waals surface area contributed by atoms with Gasteiger partial charge < -0.3 is 11.1 Å². The summed E-state index contributed by atoms with van der Waals surface area (Å²) in [6.45, 7) is 1.38. The van der Waals surface area contributed by atoms with E-state index in [0.29, 0.717) is 6.07 Å². The smallest absolute Gasteiger partial charge is 0.381 e. The average Bonchev–Trinajstić information content (AvgIpc) is 2.34. The molecule has 0 aromatic heterocycles. The number of hydrogen-bond acceptors (Lipinski definition) is 6. The molecule has 24 heavy (non-hydrogen) atoms. The second kappa shape index (κ2) is 6.57. The topological polar surface area (TPSA) is 149 Å². The molecule has 136 valence electrons. The summed E-state index contributed by atoms with van der Waals surface area (Å²) in [6, 6.07) is 1.15. The Morgan fingerprint density at radius 2 is 1.79 bits per heavy atom. The van der Waals surface area contributed by atoms with Crippen molar-refractivity contribution in [3.05, 3.63) is 18.2 Å². The van der Waals surface area contributed by atoms with E-state index in [1.165, 1.54) is 6.92 Å². The summed E-state index contributed by atoms with van der Waals surface area (Å²) in [4.78, 5) is 8.69. The molecule has 1 unspecified atom stereocenters. The maximum Gasteiger partial charge on any atom is 0.501 e. The van der Waals surface area contributed by atoms with Crippen LogP contribution in [0.15, 0.2) is 28.0 Å². The van der Waals surface area contributed by atoms with Crippen LogP contribution in [0, 0.1) is 0 Å². The van der Waals surface area contributed by atoms with Crippen LogP contribution in [0.25, 0.3) is 0 Å². The minimum absolute atomic E-state index is 0.289. The highest BCUT2D eigenvalue weighted by atomic mass is 32.2. The van der Waals surface area contributed by atoms with Crippen LogP contribution >= 0.6 is 0 Å². The Morgan fingerprint density at radius 1 is 1.25 bits per heavy atom. The van der Waals surface area contributed by atoms with Crippen LogP contribution in [0.1, 0.15) is 13.3 Å². The van der Waals surface area contributed by atoms with E-state index in [-0.39, 0.29) is 6.42 Å². The molecule has 1 amide bonds. The molecule has 13 heteroatoms. The Labute approximate surface area is 136 Å². The van der Waals surface area contributed by atoms with Crippen molar-refractivity contribution in [1.29, 1.82) is 0 Å². The van der Waals surface area contributed by atoms with Crippen LogP contribution in [0.4, 0.5) is 18.9 Å². The van der Waals surface area contributed by atoms with E-state index in [9.17, 15) is 34.8 Å². The number of sulfone groups is 1. The fourth-order valence-electron chi connectivity index (χ4n) is 1.76. The molecule has 0 heterocycles. The molecule has 0 fully saturated rings. The fraction of sp³-hybridized carbons (Fsp3) is 0.364. The van der Waals surface area contributed by atoms with Crippen molar-refractivity contribution >= 4 is 31.5 Å². The van der Waals surface area contributed by atoms with E-state index in [0.717, 1.165) is 12.1 Å². The molecule has 0 aliphatic heterocycles. The number of alkyl halides is 3. The molecule has 5 N–H and O–H groups in total. The lowest BCUT2D eigenvalue weighted by molar-refractivity contribution is -0.118. The van der Waals surface area contributed by atoms with Crippen molar-refractivity contribution < 1.29 is 34.8 Å². The summed E-state index contributed by atoms with van der Waals surface area (Å²) in [5, 5.41) is 7.19. The lowest BCUT2D eigenvalue weighted by Crippen LogP contribution is -2.28. The number of primary sulfonamides is 1. The fourth-order valence-corrected chi connectivity index (χ4v) is 3.33. The van der Waals surface area contributed by atoms with Gasteiger partial charge in [0.15, 0.2) is 0 Å². The molecule has 1 aromatic rings. The number of anilines is 1. The van der Waals surface area contributed by atoms with E-state index < -0.39 is 52.8 Å². The first-order chi connectivity index (χ1) is 10.7. The van der Waals surface area contributed by atoms with Crippen LogP contribution in [0.5, 0.6) is 0 Å². The zero-order valence-corrected chi connectivity index (χ0v) is 13.8. The molecule has 1 atom stereocenters. The van der Waals surface area contributed by atoms with Gasteiger partial charge in [0, 0.05) is 12.5 Å². The summed E-state index contributed by atoms with van der Waals surface area (Å²) in [5.41, 5.74) is -1.24. The van der Waals surface area contributed by atoms with Crippen LogP contribution in [0.3, 0.4) is 0 Å². The summed E-state index contributed by atoms with van der Waals surface area (Å²) in [6.07, 6.45) is -0.289. The Kier molecular flexibility index (Phi) is 5.52. The molecule has 0 saturated carbocycles. The van der Waals surface area contributed by atoms with E-state index in [4.69, 9.17) is 10.9 Å². The molecule has 1 rings (SSSR count). The minimum Gasteiger partial charge on any atom is -0.381 e. The number of hydrogen-bond donors (Lipinski definition) is 3.